The zero-order valence-electron chi connectivity index (χ0n) is 10.6. The Morgan fingerprint density at radius 2 is 2.29 bits per heavy atom. The molecule has 0 aromatic carbocycles. The van der Waals surface area contributed by atoms with Crippen LogP contribution >= 0.6 is 0 Å². The summed E-state index contributed by atoms with van der Waals surface area (Å²) in [6, 6.07) is 4.33. The van der Waals surface area contributed by atoms with Crippen LogP contribution in [0.1, 0.15) is 31.2 Å². The number of pyridine rings is 1. The molecule has 1 aliphatic heterocycles. The van der Waals surface area contributed by atoms with E-state index in [2.05, 4.69) is 16.8 Å². The maximum Gasteiger partial charge on any atom is 0.138 e. The number of nitrogens with two attached hydrogens (primary N) is 1. The van der Waals surface area contributed by atoms with E-state index < -0.39 is 0 Å². The first kappa shape index (κ1) is 12.3. The molecule has 0 saturated carbocycles. The molecule has 1 aromatic heterocycles. The lowest BCUT2D eigenvalue weighted by Crippen LogP contribution is -2.45. The molecule has 1 fully saturated rings. The Bertz CT molecular complexity index is 394. The number of hydrogen-bond acceptors (Lipinski definition) is 4. The van der Waals surface area contributed by atoms with Gasteiger partial charge in [-0.1, -0.05) is 0 Å². The highest BCUT2D eigenvalue weighted by atomic mass is 16.3. The molecule has 1 saturated heterocycles. The second-order valence-electron chi connectivity index (χ2n) is 5.02. The molecule has 17 heavy (non-hydrogen) atoms. The highest BCUT2D eigenvalue weighted by Gasteiger charge is 2.24. The van der Waals surface area contributed by atoms with Crippen molar-refractivity contribution in [1.29, 1.82) is 0 Å². The van der Waals surface area contributed by atoms with E-state index in [1.54, 1.807) is 6.07 Å². The largest absolute Gasteiger partial charge is 0.506 e. The number of aromatic nitrogens is 1. The maximum absolute atomic E-state index is 9.79. The van der Waals surface area contributed by atoms with Crippen LogP contribution in [0.2, 0.25) is 0 Å². The lowest BCUT2D eigenvalue weighted by atomic mass is 9.99. The van der Waals surface area contributed by atoms with E-state index in [4.69, 9.17) is 5.73 Å². The fourth-order valence-electron chi connectivity index (χ4n) is 2.40. The third kappa shape index (κ3) is 2.96. The fraction of sp³-hybridized carbons (Fsp3) is 0.615. The van der Waals surface area contributed by atoms with Crippen LogP contribution in [0.5, 0.6) is 5.75 Å². The van der Waals surface area contributed by atoms with Crippen molar-refractivity contribution >= 4 is 0 Å². The summed E-state index contributed by atoms with van der Waals surface area (Å²) in [6.07, 6.45) is 2.05. The number of nitrogens with zero attached hydrogens (tertiary/aromatic N) is 2. The van der Waals surface area contributed by atoms with Crippen molar-refractivity contribution < 1.29 is 5.11 Å². The lowest BCUT2D eigenvalue weighted by Gasteiger charge is -2.36. The van der Waals surface area contributed by atoms with Crippen molar-refractivity contribution in [3.8, 4) is 5.75 Å². The molecule has 0 radical (unpaired) electrons. The van der Waals surface area contributed by atoms with Gasteiger partial charge in [-0.05, 0) is 38.8 Å². The van der Waals surface area contributed by atoms with Crippen LogP contribution in [0, 0.1) is 6.92 Å². The van der Waals surface area contributed by atoms with E-state index in [1.807, 2.05) is 13.0 Å². The van der Waals surface area contributed by atoms with Gasteiger partial charge in [-0.25, -0.2) is 0 Å². The van der Waals surface area contributed by atoms with Gasteiger partial charge in [0, 0.05) is 30.9 Å². The van der Waals surface area contributed by atoms with Crippen molar-refractivity contribution in [2.75, 3.05) is 6.54 Å². The molecule has 0 bridgehead atoms. The number of likely N-dealkylation sites (tertiary alicyclic amines) is 1. The van der Waals surface area contributed by atoms with Crippen LogP contribution in [0.15, 0.2) is 12.1 Å². The first-order valence-electron chi connectivity index (χ1n) is 6.21. The molecule has 2 unspecified atom stereocenters. The average molecular weight is 235 g/mol. The summed E-state index contributed by atoms with van der Waals surface area (Å²) in [5.74, 6) is 0.290. The summed E-state index contributed by atoms with van der Waals surface area (Å²) in [5, 5.41) is 9.79. The van der Waals surface area contributed by atoms with Gasteiger partial charge in [0.15, 0.2) is 0 Å². The zero-order valence-corrected chi connectivity index (χ0v) is 10.6. The Morgan fingerprint density at radius 3 is 3.00 bits per heavy atom. The van der Waals surface area contributed by atoms with Crippen LogP contribution < -0.4 is 5.73 Å². The predicted octanol–water partition coefficient (Wildman–Crippen LogP) is 1.41. The molecule has 0 amide bonds. The van der Waals surface area contributed by atoms with Gasteiger partial charge in [0.2, 0.25) is 0 Å². The Morgan fingerprint density at radius 1 is 1.53 bits per heavy atom. The van der Waals surface area contributed by atoms with E-state index in [1.165, 1.54) is 0 Å². The quantitative estimate of drug-likeness (QED) is 0.813. The van der Waals surface area contributed by atoms with Crippen LogP contribution in [0.3, 0.4) is 0 Å². The molecule has 3 N–H and O–H groups in total. The van der Waals surface area contributed by atoms with Crippen molar-refractivity contribution in [2.24, 2.45) is 5.73 Å². The Balaban J connectivity index is 2.07. The summed E-state index contributed by atoms with van der Waals surface area (Å²) in [7, 11) is 0. The number of rotatable bonds is 2. The van der Waals surface area contributed by atoms with Crippen molar-refractivity contribution in [3.63, 3.8) is 0 Å². The molecular formula is C13H21N3O. The third-order valence-electron chi connectivity index (χ3n) is 3.50. The van der Waals surface area contributed by atoms with Crippen molar-refractivity contribution in [1.82, 2.24) is 9.88 Å². The monoisotopic (exact) mass is 235 g/mol. The van der Waals surface area contributed by atoms with E-state index in [0.717, 1.165) is 30.8 Å². The average Bonchev–Trinajstić information content (AvgIpc) is 2.27. The minimum atomic E-state index is 0.290. The van der Waals surface area contributed by atoms with Gasteiger partial charge in [-0.15, -0.1) is 0 Å². The highest BCUT2D eigenvalue weighted by molar-refractivity contribution is 5.27. The molecule has 2 heterocycles. The number of hydrogen-bond donors (Lipinski definition) is 2. The summed E-state index contributed by atoms with van der Waals surface area (Å²) in [6.45, 7) is 5.82. The van der Waals surface area contributed by atoms with Gasteiger partial charge < -0.3 is 10.8 Å². The molecule has 4 heteroatoms. The van der Waals surface area contributed by atoms with Crippen molar-refractivity contribution in [3.05, 3.63) is 23.5 Å². The van der Waals surface area contributed by atoms with E-state index >= 15 is 0 Å². The normalized spacial score (nSPS) is 26.1. The standard InChI is InChI=1S/C13H21N3O/c1-9-3-4-13(17)12(15-9)8-16-6-5-11(14)7-10(16)2/h3-4,10-11,17H,5-8,14H2,1-2H3. The van der Waals surface area contributed by atoms with Gasteiger partial charge >= 0.3 is 0 Å². The van der Waals surface area contributed by atoms with Crippen LogP contribution in [-0.2, 0) is 6.54 Å². The van der Waals surface area contributed by atoms with Crippen LogP contribution in [0.25, 0.3) is 0 Å². The maximum atomic E-state index is 9.79. The number of aromatic hydroxyl groups is 1. The molecule has 1 aliphatic rings. The van der Waals surface area contributed by atoms with E-state index in [9.17, 15) is 5.11 Å². The topological polar surface area (TPSA) is 62.4 Å². The van der Waals surface area contributed by atoms with Crippen LogP contribution in [0.4, 0.5) is 0 Å². The molecule has 4 nitrogen and oxygen atoms in total. The Hall–Kier alpha value is -1.13. The second kappa shape index (κ2) is 5.02. The van der Waals surface area contributed by atoms with Gasteiger partial charge in [0.25, 0.3) is 0 Å². The lowest BCUT2D eigenvalue weighted by molar-refractivity contribution is 0.137. The molecule has 94 valence electrons. The van der Waals surface area contributed by atoms with Crippen LogP contribution in [-0.4, -0.2) is 33.6 Å². The zero-order chi connectivity index (χ0) is 12.4. The molecule has 0 aliphatic carbocycles. The third-order valence-corrected chi connectivity index (χ3v) is 3.50. The summed E-state index contributed by atoms with van der Waals surface area (Å²) < 4.78 is 0. The molecule has 2 atom stereocenters. The number of piperidine rings is 1. The number of aryl methyl sites for hydroxylation is 1. The van der Waals surface area contributed by atoms with Crippen molar-refractivity contribution in [2.45, 2.75) is 45.3 Å². The molecule has 2 rings (SSSR count). The smallest absolute Gasteiger partial charge is 0.138 e. The predicted molar refractivity (Wildman–Crippen MR) is 67.7 cm³/mol. The highest BCUT2D eigenvalue weighted by Crippen LogP contribution is 2.22. The summed E-state index contributed by atoms with van der Waals surface area (Å²) in [4.78, 5) is 6.74. The minimum absolute atomic E-state index is 0.290. The summed E-state index contributed by atoms with van der Waals surface area (Å²) in [5.41, 5.74) is 7.66. The minimum Gasteiger partial charge on any atom is -0.506 e. The van der Waals surface area contributed by atoms with Gasteiger partial charge in [0.05, 0.1) is 5.69 Å². The van der Waals surface area contributed by atoms with Gasteiger partial charge in [-0.3, -0.25) is 9.88 Å². The first-order valence-corrected chi connectivity index (χ1v) is 6.21. The fourth-order valence-corrected chi connectivity index (χ4v) is 2.40. The molecule has 0 spiro atoms. The SMILES string of the molecule is Cc1ccc(O)c(CN2CCC(N)CC2C)n1. The Labute approximate surface area is 102 Å². The molecular weight excluding hydrogens is 214 g/mol. The van der Waals surface area contributed by atoms with Gasteiger partial charge in [0.1, 0.15) is 5.75 Å². The molecule has 1 aromatic rings. The first-order chi connectivity index (χ1) is 8.06. The van der Waals surface area contributed by atoms with Gasteiger partial charge in [-0.2, -0.15) is 0 Å². The second-order valence-corrected chi connectivity index (χ2v) is 5.02. The Kier molecular flexibility index (Phi) is 3.64. The van der Waals surface area contributed by atoms with E-state index in [-0.39, 0.29) is 5.75 Å². The summed E-state index contributed by atoms with van der Waals surface area (Å²) >= 11 is 0. The van der Waals surface area contributed by atoms with E-state index in [0.29, 0.717) is 18.6 Å².